The Labute approximate surface area is 182 Å². The molecule has 4 aromatic carbocycles. The zero-order valence-electron chi connectivity index (χ0n) is 16.9. The van der Waals surface area contributed by atoms with Gasteiger partial charge in [0.05, 0.1) is 11.1 Å². The van der Waals surface area contributed by atoms with Crippen molar-refractivity contribution in [3.63, 3.8) is 0 Å². The molecule has 6 rings (SSSR count). The van der Waals surface area contributed by atoms with E-state index in [0.29, 0.717) is 12.1 Å². The SMILES string of the molecule is O=C1c2cccc(O)c2C(=O)c2c(O)cc(Cn3c4ccccc4c4ccccc43)cc21. The van der Waals surface area contributed by atoms with Crippen LogP contribution in [0, 0.1) is 0 Å². The molecule has 0 aliphatic heterocycles. The molecule has 0 fully saturated rings. The fraction of sp³-hybridized carbons (Fsp3) is 0.0370. The number of aromatic hydroxyl groups is 2. The molecule has 0 bridgehead atoms. The molecule has 1 aromatic heterocycles. The maximum atomic E-state index is 13.2. The minimum absolute atomic E-state index is 0.0598. The zero-order valence-corrected chi connectivity index (χ0v) is 16.9. The smallest absolute Gasteiger partial charge is 0.201 e. The van der Waals surface area contributed by atoms with Crippen molar-refractivity contribution < 1.29 is 19.8 Å². The highest BCUT2D eigenvalue weighted by molar-refractivity contribution is 6.30. The van der Waals surface area contributed by atoms with E-state index in [9.17, 15) is 19.8 Å². The number of carbonyl (C=O) groups excluding carboxylic acids is 2. The predicted molar refractivity (Wildman–Crippen MR) is 122 cm³/mol. The first kappa shape index (κ1) is 18.4. The summed E-state index contributed by atoms with van der Waals surface area (Å²) in [5.41, 5.74) is 2.98. The zero-order chi connectivity index (χ0) is 22.0. The highest BCUT2D eigenvalue weighted by Crippen LogP contribution is 2.38. The van der Waals surface area contributed by atoms with Crippen LogP contribution in [0.5, 0.6) is 11.5 Å². The lowest BCUT2D eigenvalue weighted by Gasteiger charge is -2.20. The lowest BCUT2D eigenvalue weighted by molar-refractivity contribution is 0.0974. The van der Waals surface area contributed by atoms with E-state index in [4.69, 9.17) is 0 Å². The van der Waals surface area contributed by atoms with Crippen LogP contribution in [0.25, 0.3) is 21.8 Å². The summed E-state index contributed by atoms with van der Waals surface area (Å²) in [7, 11) is 0. The van der Waals surface area contributed by atoms with E-state index >= 15 is 0 Å². The summed E-state index contributed by atoms with van der Waals surface area (Å²) >= 11 is 0. The Kier molecular flexibility index (Phi) is 3.77. The van der Waals surface area contributed by atoms with Gasteiger partial charge in [-0.25, -0.2) is 0 Å². The number of ketones is 2. The van der Waals surface area contributed by atoms with Crippen molar-refractivity contribution in [2.75, 3.05) is 0 Å². The first-order valence-corrected chi connectivity index (χ1v) is 10.3. The Balaban J connectivity index is 1.53. The van der Waals surface area contributed by atoms with Gasteiger partial charge in [-0.15, -0.1) is 0 Å². The summed E-state index contributed by atoms with van der Waals surface area (Å²) in [6.07, 6.45) is 0. The molecule has 0 atom stereocenters. The van der Waals surface area contributed by atoms with E-state index in [0.717, 1.165) is 21.8 Å². The van der Waals surface area contributed by atoms with Gasteiger partial charge in [-0.2, -0.15) is 0 Å². The summed E-state index contributed by atoms with van der Waals surface area (Å²) in [4.78, 5) is 26.2. The highest BCUT2D eigenvalue weighted by Gasteiger charge is 2.34. The molecule has 1 heterocycles. The van der Waals surface area contributed by atoms with Gasteiger partial charge < -0.3 is 14.8 Å². The molecule has 32 heavy (non-hydrogen) atoms. The van der Waals surface area contributed by atoms with Crippen molar-refractivity contribution in [1.82, 2.24) is 4.57 Å². The number of fused-ring (bicyclic) bond motifs is 5. The molecule has 0 saturated heterocycles. The molecule has 154 valence electrons. The summed E-state index contributed by atoms with van der Waals surface area (Å²) in [6.45, 7) is 0.420. The Morgan fingerprint density at radius 2 is 1.25 bits per heavy atom. The topological polar surface area (TPSA) is 79.5 Å². The van der Waals surface area contributed by atoms with Crippen molar-refractivity contribution in [3.8, 4) is 11.5 Å². The Morgan fingerprint density at radius 3 is 1.94 bits per heavy atom. The van der Waals surface area contributed by atoms with E-state index < -0.39 is 5.78 Å². The normalized spacial score (nSPS) is 12.9. The van der Waals surface area contributed by atoms with E-state index in [1.54, 1.807) is 6.07 Å². The van der Waals surface area contributed by atoms with E-state index in [2.05, 4.69) is 16.7 Å². The molecule has 2 N–H and O–H groups in total. The Bertz CT molecular complexity index is 1560. The van der Waals surface area contributed by atoms with Gasteiger partial charge in [-0.1, -0.05) is 48.5 Å². The van der Waals surface area contributed by atoms with Crippen molar-refractivity contribution >= 4 is 33.4 Å². The van der Waals surface area contributed by atoms with Crippen molar-refractivity contribution in [2.24, 2.45) is 0 Å². The molecule has 0 amide bonds. The largest absolute Gasteiger partial charge is 0.507 e. The van der Waals surface area contributed by atoms with Gasteiger partial charge in [0.25, 0.3) is 0 Å². The van der Waals surface area contributed by atoms with Crippen LogP contribution >= 0.6 is 0 Å². The van der Waals surface area contributed by atoms with Crippen LogP contribution in [0.4, 0.5) is 0 Å². The molecular weight excluding hydrogens is 402 g/mol. The average molecular weight is 419 g/mol. The lowest BCUT2D eigenvalue weighted by Crippen LogP contribution is -2.21. The van der Waals surface area contributed by atoms with Crippen LogP contribution < -0.4 is 0 Å². The molecule has 1 aliphatic carbocycles. The average Bonchev–Trinajstić information content (AvgIpc) is 3.11. The van der Waals surface area contributed by atoms with Gasteiger partial charge in [-0.3, -0.25) is 9.59 Å². The van der Waals surface area contributed by atoms with Crippen LogP contribution in [-0.2, 0) is 6.54 Å². The summed E-state index contributed by atoms with van der Waals surface area (Å²) < 4.78 is 2.14. The third-order valence-electron chi connectivity index (χ3n) is 6.18. The number of aromatic nitrogens is 1. The van der Waals surface area contributed by atoms with E-state index in [1.807, 2.05) is 36.4 Å². The van der Waals surface area contributed by atoms with Gasteiger partial charge in [0.15, 0.2) is 5.78 Å². The van der Waals surface area contributed by atoms with Gasteiger partial charge >= 0.3 is 0 Å². The fourth-order valence-corrected chi connectivity index (χ4v) is 4.79. The second-order valence-electron chi connectivity index (χ2n) is 8.02. The summed E-state index contributed by atoms with van der Waals surface area (Å²) in [5, 5.41) is 23.1. The molecule has 5 heteroatoms. The first-order valence-electron chi connectivity index (χ1n) is 10.3. The number of hydrogen-bond acceptors (Lipinski definition) is 4. The molecule has 0 spiro atoms. The van der Waals surface area contributed by atoms with Crippen molar-refractivity contribution in [1.29, 1.82) is 0 Å². The maximum Gasteiger partial charge on any atom is 0.201 e. The molecule has 5 nitrogen and oxygen atoms in total. The molecule has 5 aromatic rings. The number of rotatable bonds is 2. The van der Waals surface area contributed by atoms with Crippen LogP contribution in [0.3, 0.4) is 0 Å². The molecule has 0 radical (unpaired) electrons. The Hall–Kier alpha value is -4.38. The minimum atomic E-state index is -0.548. The Morgan fingerprint density at radius 1 is 0.625 bits per heavy atom. The minimum Gasteiger partial charge on any atom is -0.507 e. The third kappa shape index (κ3) is 2.45. The third-order valence-corrected chi connectivity index (χ3v) is 6.18. The van der Waals surface area contributed by atoms with Crippen molar-refractivity contribution in [3.05, 3.63) is 107 Å². The molecule has 1 aliphatic rings. The molecule has 0 unspecified atom stereocenters. The molecular formula is C27H17NO4. The lowest BCUT2D eigenvalue weighted by atomic mass is 9.82. The standard InChI is InChI=1S/C27H17NO4/c29-22-11-5-8-18-24(22)27(32)25-19(26(18)31)12-15(13-23(25)30)14-28-20-9-3-1-6-16(20)17-7-2-4-10-21(17)28/h1-13,29-30H,14H2. The van der Waals surface area contributed by atoms with E-state index in [1.165, 1.54) is 24.3 Å². The second-order valence-corrected chi connectivity index (χ2v) is 8.02. The molecule has 0 saturated carbocycles. The van der Waals surface area contributed by atoms with Crippen LogP contribution in [0.2, 0.25) is 0 Å². The fourth-order valence-electron chi connectivity index (χ4n) is 4.79. The van der Waals surface area contributed by atoms with Gasteiger partial charge in [-0.05, 0) is 35.9 Å². The van der Waals surface area contributed by atoms with Gasteiger partial charge in [0, 0.05) is 39.5 Å². The van der Waals surface area contributed by atoms with Crippen LogP contribution in [0.15, 0.2) is 78.9 Å². The monoisotopic (exact) mass is 419 g/mol. The van der Waals surface area contributed by atoms with Crippen LogP contribution in [0.1, 0.15) is 37.4 Å². The number of benzene rings is 4. The number of carbonyl (C=O) groups is 2. The first-order chi connectivity index (χ1) is 15.5. The summed E-state index contributed by atoms with van der Waals surface area (Å²) in [5.74, 6) is -1.45. The number of phenols is 2. The van der Waals surface area contributed by atoms with Gasteiger partial charge in [0.1, 0.15) is 11.5 Å². The maximum absolute atomic E-state index is 13.2. The number of phenolic OH excluding ortho intramolecular Hbond substituents is 2. The highest BCUT2D eigenvalue weighted by atomic mass is 16.3. The second kappa shape index (κ2) is 6.56. The predicted octanol–water partition coefficient (Wildman–Crippen LogP) is 5.03. The number of hydrogen-bond donors (Lipinski definition) is 2. The van der Waals surface area contributed by atoms with E-state index in [-0.39, 0.29) is 39.5 Å². The quantitative estimate of drug-likeness (QED) is 0.413. The van der Waals surface area contributed by atoms with Crippen molar-refractivity contribution in [2.45, 2.75) is 6.54 Å². The van der Waals surface area contributed by atoms with Crippen LogP contribution in [-0.4, -0.2) is 26.3 Å². The number of para-hydroxylation sites is 2. The van der Waals surface area contributed by atoms with Gasteiger partial charge in [0.2, 0.25) is 5.78 Å². The number of nitrogens with zero attached hydrogens (tertiary/aromatic N) is 1. The summed E-state index contributed by atoms with van der Waals surface area (Å²) in [6, 6.07) is 23.8.